The summed E-state index contributed by atoms with van der Waals surface area (Å²) in [4.78, 5) is 2.82. The van der Waals surface area contributed by atoms with Crippen LogP contribution in [0.25, 0.3) is 0 Å². The third-order valence-electron chi connectivity index (χ3n) is 3.99. The summed E-state index contributed by atoms with van der Waals surface area (Å²) < 4.78 is 24.5. The minimum Gasteiger partial charge on any atom is -0.303 e. The Balaban J connectivity index is 1.91. The van der Waals surface area contributed by atoms with Crippen LogP contribution in [-0.4, -0.2) is 38.7 Å². The van der Waals surface area contributed by atoms with Gasteiger partial charge in [0.1, 0.15) is 0 Å². The van der Waals surface area contributed by atoms with E-state index in [2.05, 4.69) is 18.7 Å². The molecule has 0 radical (unpaired) electrons. The fourth-order valence-corrected chi connectivity index (χ4v) is 3.96. The molecule has 1 aliphatic heterocycles. The number of rotatable bonds is 6. The molecule has 0 aromatic heterocycles. The molecule has 1 aliphatic rings. The first kappa shape index (κ1) is 15.5. The van der Waals surface area contributed by atoms with Gasteiger partial charge in [-0.2, -0.15) is 0 Å². The van der Waals surface area contributed by atoms with Gasteiger partial charge in [0.2, 0.25) is 0 Å². The molecule has 112 valence electrons. The molecule has 20 heavy (non-hydrogen) atoms. The van der Waals surface area contributed by atoms with Crippen molar-refractivity contribution in [3.8, 4) is 0 Å². The van der Waals surface area contributed by atoms with Crippen LogP contribution in [0.4, 0.5) is 0 Å². The number of sulfone groups is 1. The summed E-state index contributed by atoms with van der Waals surface area (Å²) in [5.74, 6) is 0.687. The van der Waals surface area contributed by atoms with Crippen LogP contribution in [0.5, 0.6) is 0 Å². The Morgan fingerprint density at radius 1 is 1.10 bits per heavy atom. The van der Waals surface area contributed by atoms with E-state index in [1.165, 1.54) is 18.4 Å². The summed E-state index contributed by atoms with van der Waals surface area (Å²) in [7, 11) is -3.12. The monoisotopic (exact) mass is 295 g/mol. The summed E-state index contributed by atoms with van der Waals surface area (Å²) >= 11 is 0. The molecule has 1 saturated heterocycles. The van der Waals surface area contributed by atoms with Gasteiger partial charge >= 0.3 is 0 Å². The Labute approximate surface area is 122 Å². The quantitative estimate of drug-likeness (QED) is 0.809. The second-order valence-electron chi connectivity index (χ2n) is 5.94. The van der Waals surface area contributed by atoms with E-state index in [4.69, 9.17) is 0 Å². The van der Waals surface area contributed by atoms with E-state index in [1.807, 2.05) is 12.1 Å². The van der Waals surface area contributed by atoms with Crippen molar-refractivity contribution < 1.29 is 8.42 Å². The maximum Gasteiger partial charge on any atom is 0.178 e. The second kappa shape index (κ2) is 6.72. The molecular weight excluding hydrogens is 270 g/mol. The first-order valence-corrected chi connectivity index (χ1v) is 9.19. The first-order valence-electron chi connectivity index (χ1n) is 7.54. The third kappa shape index (κ3) is 4.06. The average molecular weight is 295 g/mol. The Morgan fingerprint density at radius 3 is 2.25 bits per heavy atom. The molecule has 1 aromatic rings. The molecule has 0 amide bonds. The van der Waals surface area contributed by atoms with Gasteiger partial charge in [-0.1, -0.05) is 26.0 Å². The zero-order chi connectivity index (χ0) is 14.6. The minimum atomic E-state index is -3.12. The molecule has 0 bridgehead atoms. The maximum atomic E-state index is 12.3. The molecule has 0 spiro atoms. The van der Waals surface area contributed by atoms with Crippen molar-refractivity contribution in [3.63, 3.8) is 0 Å². The molecule has 4 heteroatoms. The molecule has 0 unspecified atom stereocenters. The normalized spacial score (nSPS) is 16.9. The van der Waals surface area contributed by atoms with Crippen molar-refractivity contribution in [1.29, 1.82) is 0 Å². The highest BCUT2D eigenvalue weighted by Gasteiger charge is 2.16. The van der Waals surface area contributed by atoms with E-state index >= 15 is 0 Å². The van der Waals surface area contributed by atoms with Gasteiger partial charge in [0.05, 0.1) is 10.6 Å². The topological polar surface area (TPSA) is 37.4 Å². The predicted octanol–water partition coefficient (Wildman–Crippen LogP) is 3.07. The van der Waals surface area contributed by atoms with Crippen LogP contribution >= 0.6 is 0 Å². The maximum absolute atomic E-state index is 12.3. The van der Waals surface area contributed by atoms with Crippen molar-refractivity contribution >= 4 is 9.84 Å². The molecule has 0 saturated carbocycles. The lowest BCUT2D eigenvalue weighted by Gasteiger charge is -2.14. The van der Waals surface area contributed by atoms with Crippen molar-refractivity contribution in [1.82, 2.24) is 4.90 Å². The fourth-order valence-electron chi connectivity index (χ4n) is 2.66. The number of hydrogen-bond donors (Lipinski definition) is 0. The van der Waals surface area contributed by atoms with Crippen LogP contribution in [0.3, 0.4) is 0 Å². The SMILES string of the molecule is CC(C)c1ccc(S(=O)(=O)CCCN2CCCC2)cc1. The molecule has 1 aromatic carbocycles. The summed E-state index contributed by atoms with van der Waals surface area (Å²) in [6.45, 7) is 7.38. The lowest BCUT2D eigenvalue weighted by atomic mass is 10.0. The number of hydrogen-bond acceptors (Lipinski definition) is 3. The number of benzene rings is 1. The van der Waals surface area contributed by atoms with Gasteiger partial charge in [-0.15, -0.1) is 0 Å². The highest BCUT2D eigenvalue weighted by molar-refractivity contribution is 7.91. The van der Waals surface area contributed by atoms with Gasteiger partial charge in [0, 0.05) is 0 Å². The van der Waals surface area contributed by atoms with Crippen molar-refractivity contribution in [2.24, 2.45) is 0 Å². The van der Waals surface area contributed by atoms with Gasteiger partial charge in [0.15, 0.2) is 9.84 Å². The van der Waals surface area contributed by atoms with Crippen LogP contribution in [0, 0.1) is 0 Å². The van der Waals surface area contributed by atoms with Crippen LogP contribution in [0.1, 0.15) is 44.6 Å². The summed E-state index contributed by atoms with van der Waals surface area (Å²) in [5.41, 5.74) is 1.18. The van der Waals surface area contributed by atoms with E-state index in [0.717, 1.165) is 26.1 Å². The van der Waals surface area contributed by atoms with E-state index in [-0.39, 0.29) is 5.75 Å². The zero-order valence-corrected chi connectivity index (χ0v) is 13.3. The second-order valence-corrected chi connectivity index (χ2v) is 8.05. The van der Waals surface area contributed by atoms with Crippen LogP contribution in [-0.2, 0) is 9.84 Å². The van der Waals surface area contributed by atoms with Crippen molar-refractivity contribution in [2.75, 3.05) is 25.4 Å². The smallest absolute Gasteiger partial charge is 0.178 e. The van der Waals surface area contributed by atoms with Crippen LogP contribution < -0.4 is 0 Å². The summed E-state index contributed by atoms with van der Waals surface area (Å²) in [5, 5.41) is 0. The van der Waals surface area contributed by atoms with Gasteiger partial charge < -0.3 is 4.90 Å². The minimum absolute atomic E-state index is 0.254. The Kier molecular flexibility index (Phi) is 5.22. The van der Waals surface area contributed by atoms with Crippen LogP contribution in [0.2, 0.25) is 0 Å². The highest BCUT2D eigenvalue weighted by atomic mass is 32.2. The number of likely N-dealkylation sites (tertiary alicyclic amines) is 1. The number of nitrogens with zero attached hydrogens (tertiary/aromatic N) is 1. The summed E-state index contributed by atoms with van der Waals surface area (Å²) in [6, 6.07) is 7.36. The van der Waals surface area contributed by atoms with Gasteiger partial charge in [0.25, 0.3) is 0 Å². The highest BCUT2D eigenvalue weighted by Crippen LogP contribution is 2.19. The average Bonchev–Trinajstić information content (AvgIpc) is 2.92. The molecule has 1 heterocycles. The van der Waals surface area contributed by atoms with Gasteiger partial charge in [-0.05, 0) is 62.5 Å². The molecule has 2 rings (SSSR count). The lowest BCUT2D eigenvalue weighted by Crippen LogP contribution is -2.22. The molecule has 0 aliphatic carbocycles. The van der Waals surface area contributed by atoms with Gasteiger partial charge in [-0.3, -0.25) is 0 Å². The van der Waals surface area contributed by atoms with E-state index < -0.39 is 9.84 Å². The summed E-state index contributed by atoms with van der Waals surface area (Å²) in [6.07, 6.45) is 3.24. The van der Waals surface area contributed by atoms with Gasteiger partial charge in [-0.25, -0.2) is 8.42 Å². The Morgan fingerprint density at radius 2 is 1.70 bits per heavy atom. The first-order chi connectivity index (χ1) is 9.49. The third-order valence-corrected chi connectivity index (χ3v) is 5.81. The predicted molar refractivity (Wildman–Crippen MR) is 82.9 cm³/mol. The van der Waals surface area contributed by atoms with E-state index in [0.29, 0.717) is 10.8 Å². The molecule has 3 nitrogen and oxygen atoms in total. The zero-order valence-electron chi connectivity index (χ0n) is 12.5. The molecular formula is C16H25NO2S. The van der Waals surface area contributed by atoms with E-state index in [1.54, 1.807) is 12.1 Å². The standard InChI is InChI=1S/C16H25NO2S/c1-14(2)15-6-8-16(9-7-15)20(18,19)13-5-12-17-10-3-4-11-17/h6-9,14H,3-5,10-13H2,1-2H3. The van der Waals surface area contributed by atoms with Crippen LogP contribution in [0.15, 0.2) is 29.2 Å². The Bertz CT molecular complexity index is 514. The lowest BCUT2D eigenvalue weighted by molar-refractivity contribution is 0.340. The van der Waals surface area contributed by atoms with Crippen molar-refractivity contribution in [2.45, 2.75) is 43.9 Å². The molecule has 1 fully saturated rings. The largest absolute Gasteiger partial charge is 0.303 e. The van der Waals surface area contributed by atoms with Crippen molar-refractivity contribution in [3.05, 3.63) is 29.8 Å². The molecule has 0 N–H and O–H groups in total. The molecule has 0 atom stereocenters. The Hall–Kier alpha value is -0.870. The van der Waals surface area contributed by atoms with E-state index in [9.17, 15) is 8.42 Å². The fraction of sp³-hybridized carbons (Fsp3) is 0.625.